The van der Waals surface area contributed by atoms with E-state index >= 15 is 0 Å². The molecule has 0 amide bonds. The molecule has 0 saturated heterocycles. The van der Waals surface area contributed by atoms with Gasteiger partial charge in [0.15, 0.2) is 0 Å². The van der Waals surface area contributed by atoms with Crippen molar-refractivity contribution in [3.63, 3.8) is 0 Å². The minimum atomic E-state index is -3.33. The predicted octanol–water partition coefficient (Wildman–Crippen LogP) is 4.67. The molecule has 0 atom stereocenters. The van der Waals surface area contributed by atoms with E-state index in [1.807, 2.05) is 6.92 Å². The van der Waals surface area contributed by atoms with Crippen molar-refractivity contribution in [2.45, 2.75) is 19.8 Å². The van der Waals surface area contributed by atoms with Crippen LogP contribution in [0.15, 0.2) is 36.5 Å². The normalized spacial score (nSPS) is 11.3. The molecule has 0 fully saturated rings. The fourth-order valence-electron chi connectivity index (χ4n) is 1.83. The number of sulfonamides is 1. The third kappa shape index (κ3) is 5.27. The van der Waals surface area contributed by atoms with Gasteiger partial charge in [-0.15, -0.1) is 0 Å². The van der Waals surface area contributed by atoms with Gasteiger partial charge >= 0.3 is 0 Å². The Morgan fingerprint density at radius 1 is 1.17 bits per heavy atom. The first kappa shape index (κ1) is 17.8. The number of pyridine rings is 1. The Morgan fingerprint density at radius 2 is 1.96 bits per heavy atom. The zero-order valence-electron chi connectivity index (χ0n) is 12.5. The van der Waals surface area contributed by atoms with Gasteiger partial charge in [-0.25, -0.2) is 13.4 Å². The second-order valence-corrected chi connectivity index (χ2v) is 7.56. The Kier molecular flexibility index (Phi) is 6.10. The van der Waals surface area contributed by atoms with Gasteiger partial charge in [0.1, 0.15) is 5.82 Å². The molecular formula is C15H17Cl2N3O2S. The van der Waals surface area contributed by atoms with Gasteiger partial charge in [0.2, 0.25) is 10.0 Å². The van der Waals surface area contributed by atoms with E-state index in [1.54, 1.807) is 30.3 Å². The van der Waals surface area contributed by atoms with Crippen LogP contribution in [-0.4, -0.2) is 19.2 Å². The van der Waals surface area contributed by atoms with Crippen molar-refractivity contribution in [2.75, 3.05) is 15.8 Å². The third-order valence-corrected chi connectivity index (χ3v) is 5.21. The maximum absolute atomic E-state index is 11.8. The highest BCUT2D eigenvalue weighted by Crippen LogP contribution is 2.31. The summed E-state index contributed by atoms with van der Waals surface area (Å²) in [6.07, 6.45) is 2.89. The fraction of sp³-hybridized carbons (Fsp3) is 0.267. The Morgan fingerprint density at radius 3 is 2.61 bits per heavy atom. The molecule has 0 radical (unpaired) electrons. The van der Waals surface area contributed by atoms with E-state index in [1.165, 1.54) is 6.20 Å². The quantitative estimate of drug-likeness (QED) is 0.739. The molecule has 2 N–H and O–H groups in total. The molecule has 0 bridgehead atoms. The van der Waals surface area contributed by atoms with Crippen molar-refractivity contribution in [3.05, 3.63) is 46.6 Å². The van der Waals surface area contributed by atoms with Crippen LogP contribution in [0.3, 0.4) is 0 Å². The molecule has 0 spiro atoms. The largest absolute Gasteiger partial charge is 0.339 e. The summed E-state index contributed by atoms with van der Waals surface area (Å²) in [4.78, 5) is 4.17. The molecule has 8 heteroatoms. The highest BCUT2D eigenvalue weighted by Gasteiger charge is 2.10. The molecule has 1 aromatic heterocycles. The smallest absolute Gasteiger partial charge is 0.232 e. The molecule has 0 aliphatic rings. The van der Waals surface area contributed by atoms with Crippen LogP contribution in [0.25, 0.3) is 0 Å². The Balaban J connectivity index is 2.06. The zero-order valence-corrected chi connectivity index (χ0v) is 14.8. The number of aromatic nitrogens is 1. The number of nitrogens with one attached hydrogen (secondary N) is 2. The molecule has 2 rings (SSSR count). The maximum atomic E-state index is 11.8. The van der Waals surface area contributed by atoms with E-state index < -0.39 is 10.0 Å². The number of hydrogen-bond donors (Lipinski definition) is 2. The molecule has 0 saturated carbocycles. The van der Waals surface area contributed by atoms with Crippen molar-refractivity contribution < 1.29 is 8.42 Å². The summed E-state index contributed by atoms with van der Waals surface area (Å²) in [6, 6.07) is 8.53. The Bertz CT molecular complexity index is 765. The molecule has 2 aromatic rings. The summed E-state index contributed by atoms with van der Waals surface area (Å²) in [5.41, 5.74) is 1.05. The molecule has 5 nitrogen and oxygen atoms in total. The van der Waals surface area contributed by atoms with Crippen LogP contribution >= 0.6 is 23.2 Å². The number of nitrogens with zero attached hydrogens (tertiary/aromatic N) is 1. The van der Waals surface area contributed by atoms with Gasteiger partial charge < -0.3 is 5.32 Å². The summed E-state index contributed by atoms with van der Waals surface area (Å²) in [5.74, 6) is 0.632. The summed E-state index contributed by atoms with van der Waals surface area (Å²) < 4.78 is 26.2. The lowest BCUT2D eigenvalue weighted by Crippen LogP contribution is -2.16. The number of rotatable bonds is 7. The number of halogens is 2. The number of benzene rings is 1. The van der Waals surface area contributed by atoms with E-state index in [4.69, 9.17) is 23.2 Å². The second-order valence-electron chi connectivity index (χ2n) is 4.93. The first-order valence-electron chi connectivity index (χ1n) is 7.09. The van der Waals surface area contributed by atoms with Gasteiger partial charge in [-0.05, 0) is 30.7 Å². The fourth-order valence-corrected chi connectivity index (χ4v) is 3.43. The van der Waals surface area contributed by atoms with Gasteiger partial charge in [0.25, 0.3) is 0 Å². The molecule has 124 valence electrons. The molecule has 0 unspecified atom stereocenters. The van der Waals surface area contributed by atoms with Gasteiger partial charge in [-0.1, -0.05) is 42.6 Å². The van der Waals surface area contributed by atoms with E-state index in [2.05, 4.69) is 15.0 Å². The standard InChI is InChI=1S/C15H17Cl2N3O2S/c1-2-3-9-23(21,22)20-11-7-8-14(18-10-11)19-13-6-4-5-12(16)15(13)17/h4-8,10,20H,2-3,9H2,1H3,(H,18,19). The van der Waals surface area contributed by atoms with Crippen LogP contribution in [0.4, 0.5) is 17.2 Å². The van der Waals surface area contributed by atoms with Crippen molar-refractivity contribution in [1.82, 2.24) is 4.98 Å². The third-order valence-electron chi connectivity index (χ3n) is 3.02. The number of anilines is 3. The van der Waals surface area contributed by atoms with Gasteiger partial charge in [-0.3, -0.25) is 4.72 Å². The first-order valence-corrected chi connectivity index (χ1v) is 9.49. The van der Waals surface area contributed by atoms with Gasteiger partial charge in [0.05, 0.1) is 33.4 Å². The van der Waals surface area contributed by atoms with Crippen LogP contribution in [0, 0.1) is 0 Å². The minimum absolute atomic E-state index is 0.0988. The van der Waals surface area contributed by atoms with Crippen LogP contribution in [-0.2, 0) is 10.0 Å². The second kappa shape index (κ2) is 7.86. The van der Waals surface area contributed by atoms with Crippen molar-refractivity contribution >= 4 is 50.4 Å². The van der Waals surface area contributed by atoms with Gasteiger partial charge in [0, 0.05) is 0 Å². The predicted molar refractivity (Wildman–Crippen MR) is 96.3 cm³/mol. The molecule has 1 heterocycles. The lowest BCUT2D eigenvalue weighted by molar-refractivity contribution is 0.598. The van der Waals surface area contributed by atoms with E-state index in [-0.39, 0.29) is 5.75 Å². The zero-order chi connectivity index (χ0) is 16.9. The molecule has 1 aromatic carbocycles. The SMILES string of the molecule is CCCCS(=O)(=O)Nc1ccc(Nc2cccc(Cl)c2Cl)nc1. The van der Waals surface area contributed by atoms with Crippen LogP contribution in [0.2, 0.25) is 10.0 Å². The van der Waals surface area contributed by atoms with E-state index in [9.17, 15) is 8.42 Å². The van der Waals surface area contributed by atoms with Crippen LogP contribution in [0.5, 0.6) is 0 Å². The highest BCUT2D eigenvalue weighted by atomic mass is 35.5. The summed E-state index contributed by atoms with van der Waals surface area (Å²) in [6.45, 7) is 1.94. The molecular weight excluding hydrogens is 357 g/mol. The lowest BCUT2D eigenvalue weighted by atomic mass is 10.3. The van der Waals surface area contributed by atoms with Crippen LogP contribution in [0.1, 0.15) is 19.8 Å². The highest BCUT2D eigenvalue weighted by molar-refractivity contribution is 7.92. The Labute approximate surface area is 146 Å². The van der Waals surface area contributed by atoms with Crippen molar-refractivity contribution in [3.8, 4) is 0 Å². The Hall–Kier alpha value is -1.50. The molecule has 23 heavy (non-hydrogen) atoms. The summed E-state index contributed by atoms with van der Waals surface area (Å²) in [7, 11) is -3.33. The maximum Gasteiger partial charge on any atom is 0.232 e. The average Bonchev–Trinajstić information content (AvgIpc) is 2.51. The minimum Gasteiger partial charge on any atom is -0.339 e. The van der Waals surface area contributed by atoms with Gasteiger partial charge in [-0.2, -0.15) is 0 Å². The number of unbranched alkanes of at least 4 members (excludes halogenated alkanes) is 1. The monoisotopic (exact) mass is 373 g/mol. The lowest BCUT2D eigenvalue weighted by Gasteiger charge is -2.10. The molecule has 0 aliphatic heterocycles. The summed E-state index contributed by atoms with van der Waals surface area (Å²) >= 11 is 12.0. The topological polar surface area (TPSA) is 71.1 Å². The molecule has 0 aliphatic carbocycles. The average molecular weight is 374 g/mol. The van der Waals surface area contributed by atoms with Crippen LogP contribution < -0.4 is 10.0 Å². The van der Waals surface area contributed by atoms with E-state index in [0.29, 0.717) is 33.7 Å². The van der Waals surface area contributed by atoms with E-state index in [0.717, 1.165) is 6.42 Å². The van der Waals surface area contributed by atoms with Crippen molar-refractivity contribution in [1.29, 1.82) is 0 Å². The first-order chi connectivity index (χ1) is 10.9. The summed E-state index contributed by atoms with van der Waals surface area (Å²) in [5, 5.41) is 3.88. The van der Waals surface area contributed by atoms with Crippen molar-refractivity contribution in [2.24, 2.45) is 0 Å². The number of hydrogen-bond acceptors (Lipinski definition) is 4.